The number of halogens is 1. The number of pyridine rings is 1. The number of fused-ring (bicyclic) bond motifs is 1. The second-order valence-electron chi connectivity index (χ2n) is 6.72. The van der Waals surface area contributed by atoms with Gasteiger partial charge in [-0.1, -0.05) is 42.8 Å². The van der Waals surface area contributed by atoms with E-state index in [1.165, 1.54) is 5.39 Å². The maximum atomic E-state index is 6.22. The first-order valence-corrected chi connectivity index (χ1v) is 10.6. The number of nitrogens with zero attached hydrogens (tertiary/aromatic N) is 1. The molecule has 20 heavy (non-hydrogen) atoms. The van der Waals surface area contributed by atoms with Crippen molar-refractivity contribution in [1.29, 1.82) is 0 Å². The Morgan fingerprint density at radius 1 is 1.15 bits per heavy atom. The van der Waals surface area contributed by atoms with Gasteiger partial charge in [-0.25, -0.2) is 0 Å². The van der Waals surface area contributed by atoms with E-state index in [1.54, 1.807) is 0 Å². The van der Waals surface area contributed by atoms with E-state index in [2.05, 4.69) is 79.0 Å². The highest BCUT2D eigenvalue weighted by Gasteiger charge is 2.37. The van der Waals surface area contributed by atoms with Crippen LogP contribution < -0.4 is 0 Å². The molecule has 0 amide bonds. The topological polar surface area (TPSA) is 22.1 Å². The minimum absolute atomic E-state index is 0.231. The average molecular weight is 352 g/mol. The Balaban J connectivity index is 2.17. The van der Waals surface area contributed by atoms with Crippen LogP contribution in [-0.2, 0) is 11.0 Å². The second kappa shape index (κ2) is 5.58. The lowest BCUT2D eigenvalue weighted by atomic mass is 10.1. The van der Waals surface area contributed by atoms with Crippen LogP contribution in [0.5, 0.6) is 0 Å². The lowest BCUT2D eigenvalue weighted by Crippen LogP contribution is -2.40. The molecule has 2 nitrogen and oxygen atoms in total. The molecule has 108 valence electrons. The molecule has 0 unspecified atom stereocenters. The normalized spacial score (nSPS) is 12.9. The van der Waals surface area contributed by atoms with Crippen LogP contribution in [0.2, 0.25) is 18.1 Å². The summed E-state index contributed by atoms with van der Waals surface area (Å²) in [5, 5.41) is 2.59. The van der Waals surface area contributed by atoms with Crippen LogP contribution in [0.3, 0.4) is 0 Å². The van der Waals surface area contributed by atoms with Gasteiger partial charge in [-0.15, -0.1) is 0 Å². The number of aromatic nitrogens is 1. The molecule has 1 heterocycles. The van der Waals surface area contributed by atoms with E-state index < -0.39 is 8.32 Å². The molecule has 0 atom stereocenters. The number of benzene rings is 1. The Morgan fingerprint density at radius 3 is 2.50 bits per heavy atom. The second-order valence-corrected chi connectivity index (χ2v) is 12.4. The van der Waals surface area contributed by atoms with Crippen molar-refractivity contribution in [2.45, 2.75) is 45.5 Å². The highest BCUT2D eigenvalue weighted by Crippen LogP contribution is 2.37. The van der Waals surface area contributed by atoms with E-state index in [-0.39, 0.29) is 5.04 Å². The molecule has 0 spiro atoms. The Hall–Kier alpha value is -0.713. The van der Waals surface area contributed by atoms with Crippen molar-refractivity contribution >= 4 is 35.0 Å². The SMILES string of the molecule is CC(C)(C)[Si](C)(C)OCc1cc2ccc(Br)cc2cn1. The van der Waals surface area contributed by atoms with E-state index in [1.807, 2.05) is 6.20 Å². The molecule has 4 heteroatoms. The average Bonchev–Trinajstić information content (AvgIpc) is 2.35. The van der Waals surface area contributed by atoms with Crippen LogP contribution in [0.25, 0.3) is 10.8 Å². The molecule has 0 aliphatic heterocycles. The standard InChI is InChI=1S/C16H22BrNOSi/c1-16(2,3)20(4,5)19-11-15-9-12-6-7-14(17)8-13(12)10-18-15/h6-10H,11H2,1-5H3. The molecule has 2 rings (SSSR count). The maximum Gasteiger partial charge on any atom is 0.192 e. The van der Waals surface area contributed by atoms with Crippen LogP contribution in [0.1, 0.15) is 26.5 Å². The number of hydrogen-bond acceptors (Lipinski definition) is 2. The smallest absolute Gasteiger partial charge is 0.192 e. The third-order valence-electron chi connectivity index (χ3n) is 4.13. The van der Waals surface area contributed by atoms with Gasteiger partial charge >= 0.3 is 0 Å². The highest BCUT2D eigenvalue weighted by atomic mass is 79.9. The van der Waals surface area contributed by atoms with Gasteiger partial charge in [-0.05, 0) is 41.7 Å². The van der Waals surface area contributed by atoms with Crippen LogP contribution in [-0.4, -0.2) is 13.3 Å². The van der Waals surface area contributed by atoms with E-state index in [0.29, 0.717) is 6.61 Å². The van der Waals surface area contributed by atoms with Crippen molar-refractivity contribution in [3.63, 3.8) is 0 Å². The lowest BCUT2D eigenvalue weighted by Gasteiger charge is -2.36. The van der Waals surface area contributed by atoms with Gasteiger partial charge in [0.2, 0.25) is 0 Å². The highest BCUT2D eigenvalue weighted by molar-refractivity contribution is 9.10. The Bertz CT molecular complexity index is 619. The van der Waals surface area contributed by atoms with Crippen LogP contribution in [0.4, 0.5) is 0 Å². The van der Waals surface area contributed by atoms with Crippen LogP contribution in [0.15, 0.2) is 34.9 Å². The van der Waals surface area contributed by atoms with Crippen molar-refractivity contribution in [2.24, 2.45) is 0 Å². The molecule has 0 saturated heterocycles. The zero-order chi connectivity index (χ0) is 15.0. The van der Waals surface area contributed by atoms with E-state index in [4.69, 9.17) is 4.43 Å². The first-order valence-electron chi connectivity index (χ1n) is 6.87. The summed E-state index contributed by atoms with van der Waals surface area (Å²) in [7, 11) is -1.71. The van der Waals surface area contributed by atoms with Crippen molar-refractivity contribution in [2.75, 3.05) is 0 Å². The monoisotopic (exact) mass is 351 g/mol. The van der Waals surface area contributed by atoms with Gasteiger partial charge in [0.05, 0.1) is 12.3 Å². The molecular weight excluding hydrogens is 330 g/mol. The van der Waals surface area contributed by atoms with Gasteiger partial charge in [0.25, 0.3) is 0 Å². The molecule has 0 aliphatic carbocycles. The van der Waals surface area contributed by atoms with Gasteiger partial charge in [-0.2, -0.15) is 0 Å². The first kappa shape index (κ1) is 15.7. The summed E-state index contributed by atoms with van der Waals surface area (Å²) in [6, 6.07) is 8.37. The number of rotatable bonds is 3. The largest absolute Gasteiger partial charge is 0.411 e. The molecule has 0 radical (unpaired) electrons. The van der Waals surface area contributed by atoms with E-state index in [9.17, 15) is 0 Å². The van der Waals surface area contributed by atoms with Gasteiger partial charge in [-0.3, -0.25) is 4.98 Å². The van der Waals surface area contributed by atoms with Gasteiger partial charge in [0.15, 0.2) is 8.32 Å². The molecule has 0 fully saturated rings. The Labute approximate surface area is 130 Å². The maximum absolute atomic E-state index is 6.22. The molecule has 0 aliphatic rings. The molecule has 1 aromatic heterocycles. The number of hydrogen-bond donors (Lipinski definition) is 0. The molecular formula is C16H22BrNOSi. The Kier molecular flexibility index (Phi) is 4.37. The fourth-order valence-corrected chi connectivity index (χ4v) is 3.03. The summed E-state index contributed by atoms with van der Waals surface area (Å²) in [6.45, 7) is 11.9. The van der Waals surface area contributed by atoms with Gasteiger partial charge in [0.1, 0.15) is 0 Å². The van der Waals surface area contributed by atoms with Crippen molar-refractivity contribution in [3.8, 4) is 0 Å². The summed E-state index contributed by atoms with van der Waals surface area (Å²) >= 11 is 3.48. The lowest BCUT2D eigenvalue weighted by molar-refractivity contribution is 0.272. The summed E-state index contributed by atoms with van der Waals surface area (Å²) in [4.78, 5) is 4.51. The van der Waals surface area contributed by atoms with E-state index in [0.717, 1.165) is 15.6 Å². The first-order chi connectivity index (χ1) is 9.19. The van der Waals surface area contributed by atoms with Crippen LogP contribution >= 0.6 is 15.9 Å². The molecule has 0 bridgehead atoms. The minimum atomic E-state index is -1.71. The fraction of sp³-hybridized carbons (Fsp3) is 0.438. The minimum Gasteiger partial charge on any atom is -0.411 e. The third kappa shape index (κ3) is 3.48. The molecule has 0 saturated carbocycles. The van der Waals surface area contributed by atoms with Crippen molar-refractivity contribution in [3.05, 3.63) is 40.6 Å². The van der Waals surface area contributed by atoms with Crippen LogP contribution in [0, 0.1) is 0 Å². The fourth-order valence-electron chi connectivity index (χ4n) is 1.71. The molecule has 2 aromatic rings. The van der Waals surface area contributed by atoms with Crippen molar-refractivity contribution < 1.29 is 4.43 Å². The third-order valence-corrected chi connectivity index (χ3v) is 9.10. The summed E-state index contributed by atoms with van der Waals surface area (Å²) in [5.74, 6) is 0. The van der Waals surface area contributed by atoms with E-state index >= 15 is 0 Å². The zero-order valence-corrected chi connectivity index (χ0v) is 15.4. The predicted molar refractivity (Wildman–Crippen MR) is 91.4 cm³/mol. The summed E-state index contributed by atoms with van der Waals surface area (Å²) in [6.07, 6.45) is 1.92. The summed E-state index contributed by atoms with van der Waals surface area (Å²) in [5.41, 5.74) is 1.00. The van der Waals surface area contributed by atoms with Crippen molar-refractivity contribution in [1.82, 2.24) is 4.98 Å². The molecule has 0 N–H and O–H groups in total. The quantitative estimate of drug-likeness (QED) is 0.679. The summed E-state index contributed by atoms with van der Waals surface area (Å²) < 4.78 is 7.30. The van der Waals surface area contributed by atoms with Gasteiger partial charge in [0, 0.05) is 16.1 Å². The Morgan fingerprint density at radius 2 is 1.85 bits per heavy atom. The van der Waals surface area contributed by atoms with Gasteiger partial charge < -0.3 is 4.43 Å². The molecule has 1 aromatic carbocycles. The zero-order valence-electron chi connectivity index (χ0n) is 12.8. The predicted octanol–water partition coefficient (Wildman–Crippen LogP) is 5.52.